The van der Waals surface area contributed by atoms with Crippen molar-refractivity contribution in [1.29, 1.82) is 0 Å². The van der Waals surface area contributed by atoms with Crippen LogP contribution in [0.15, 0.2) is 30.5 Å². The molecule has 1 saturated heterocycles. The molecule has 0 atom stereocenters. The van der Waals surface area contributed by atoms with Crippen LogP contribution in [-0.4, -0.2) is 47.1 Å². The standard InChI is InChI=1S/C18H26N6O.2ClH/c1-13(2)23(3)16-6-4-5-14(11-16)20-18(25)17-12-24(22-21-17)15-7-9-19-10-8-15;;/h4-6,11-13,15,19H,7-10H2,1-3H3,(H,20,25);2*1H. The molecule has 1 aliphatic rings. The van der Waals surface area contributed by atoms with Crippen molar-refractivity contribution in [3.8, 4) is 0 Å². The number of benzene rings is 1. The lowest BCUT2D eigenvalue weighted by Gasteiger charge is -2.24. The maximum absolute atomic E-state index is 12.5. The van der Waals surface area contributed by atoms with Gasteiger partial charge in [0, 0.05) is 24.5 Å². The minimum Gasteiger partial charge on any atom is -0.372 e. The SMILES string of the molecule is CC(C)N(C)c1cccc(NC(=O)c2cn(C3CCNCC3)nn2)c1.Cl.Cl. The number of halogens is 2. The van der Waals surface area contributed by atoms with E-state index in [0.717, 1.165) is 37.3 Å². The van der Waals surface area contributed by atoms with Gasteiger partial charge in [0.15, 0.2) is 5.69 Å². The smallest absolute Gasteiger partial charge is 0.277 e. The third-order valence-corrected chi connectivity index (χ3v) is 4.71. The topological polar surface area (TPSA) is 75.1 Å². The molecule has 2 aromatic rings. The number of nitrogens with zero attached hydrogens (tertiary/aromatic N) is 4. The molecular weight excluding hydrogens is 387 g/mol. The molecule has 1 aromatic carbocycles. The van der Waals surface area contributed by atoms with Crippen LogP contribution in [0.2, 0.25) is 0 Å². The van der Waals surface area contributed by atoms with Crippen molar-refractivity contribution < 1.29 is 4.79 Å². The van der Waals surface area contributed by atoms with Crippen molar-refractivity contribution in [2.75, 3.05) is 30.4 Å². The molecule has 0 radical (unpaired) electrons. The van der Waals surface area contributed by atoms with Gasteiger partial charge in [0.1, 0.15) is 0 Å². The summed E-state index contributed by atoms with van der Waals surface area (Å²) in [5, 5.41) is 14.4. The highest BCUT2D eigenvalue weighted by atomic mass is 35.5. The van der Waals surface area contributed by atoms with Gasteiger partial charge in [-0.05, 0) is 58.0 Å². The number of carbonyl (C=O) groups is 1. The Balaban J connectivity index is 0.00000182. The first kappa shape index (κ1) is 23.2. The van der Waals surface area contributed by atoms with E-state index >= 15 is 0 Å². The third-order valence-electron chi connectivity index (χ3n) is 4.71. The van der Waals surface area contributed by atoms with Crippen molar-refractivity contribution >= 4 is 42.1 Å². The summed E-state index contributed by atoms with van der Waals surface area (Å²) in [6.07, 6.45) is 3.76. The summed E-state index contributed by atoms with van der Waals surface area (Å²) in [5.41, 5.74) is 2.17. The van der Waals surface area contributed by atoms with Crippen LogP contribution in [0.5, 0.6) is 0 Å². The maximum atomic E-state index is 12.5. The Bertz CT molecular complexity index is 730. The lowest BCUT2D eigenvalue weighted by molar-refractivity contribution is 0.102. The summed E-state index contributed by atoms with van der Waals surface area (Å²) < 4.78 is 1.82. The molecule has 0 unspecified atom stereocenters. The molecular formula is C18H28Cl2N6O. The first-order chi connectivity index (χ1) is 12.0. The van der Waals surface area contributed by atoms with Gasteiger partial charge in [-0.2, -0.15) is 0 Å². The Morgan fingerprint density at radius 3 is 2.67 bits per heavy atom. The van der Waals surface area contributed by atoms with E-state index in [4.69, 9.17) is 0 Å². The quantitative estimate of drug-likeness (QED) is 0.785. The predicted molar refractivity (Wildman–Crippen MR) is 114 cm³/mol. The van der Waals surface area contributed by atoms with Gasteiger partial charge in [-0.15, -0.1) is 29.9 Å². The number of piperidine rings is 1. The largest absolute Gasteiger partial charge is 0.372 e. The molecule has 2 N–H and O–H groups in total. The van der Waals surface area contributed by atoms with E-state index in [-0.39, 0.29) is 30.7 Å². The Morgan fingerprint density at radius 1 is 1.30 bits per heavy atom. The average Bonchev–Trinajstić information content (AvgIpc) is 3.12. The second-order valence-electron chi connectivity index (χ2n) is 6.77. The van der Waals surface area contributed by atoms with Crippen LogP contribution in [0.3, 0.4) is 0 Å². The van der Waals surface area contributed by atoms with Crippen molar-refractivity contribution in [2.24, 2.45) is 0 Å². The summed E-state index contributed by atoms with van der Waals surface area (Å²) in [5.74, 6) is -0.232. The van der Waals surface area contributed by atoms with Gasteiger partial charge >= 0.3 is 0 Å². The Hall–Kier alpha value is -1.83. The van der Waals surface area contributed by atoms with E-state index in [9.17, 15) is 4.79 Å². The highest BCUT2D eigenvalue weighted by Crippen LogP contribution is 2.21. The monoisotopic (exact) mass is 414 g/mol. The van der Waals surface area contributed by atoms with Gasteiger partial charge < -0.3 is 15.5 Å². The molecule has 3 rings (SSSR count). The van der Waals surface area contributed by atoms with Crippen molar-refractivity contribution in [1.82, 2.24) is 20.3 Å². The van der Waals surface area contributed by atoms with Gasteiger partial charge in [0.25, 0.3) is 5.91 Å². The highest BCUT2D eigenvalue weighted by Gasteiger charge is 2.19. The van der Waals surface area contributed by atoms with Gasteiger partial charge in [0.2, 0.25) is 0 Å². The second-order valence-corrected chi connectivity index (χ2v) is 6.77. The number of hydrogen-bond acceptors (Lipinski definition) is 5. The Labute approximate surface area is 172 Å². The van der Waals surface area contributed by atoms with Crippen LogP contribution in [0.4, 0.5) is 11.4 Å². The summed E-state index contributed by atoms with van der Waals surface area (Å²) >= 11 is 0. The first-order valence-electron chi connectivity index (χ1n) is 8.81. The van der Waals surface area contributed by atoms with Crippen LogP contribution in [0.1, 0.15) is 43.2 Å². The summed E-state index contributed by atoms with van der Waals surface area (Å²) in [6, 6.07) is 8.52. The first-order valence-corrected chi connectivity index (χ1v) is 8.81. The molecule has 0 saturated carbocycles. The van der Waals surface area contributed by atoms with E-state index < -0.39 is 0 Å². The van der Waals surface area contributed by atoms with E-state index in [2.05, 4.69) is 39.7 Å². The number of anilines is 2. The number of carbonyl (C=O) groups excluding carboxylic acids is 1. The molecule has 9 heteroatoms. The second kappa shape index (κ2) is 10.5. The fourth-order valence-corrected chi connectivity index (χ4v) is 2.93. The number of amides is 1. The van der Waals surface area contributed by atoms with E-state index in [1.165, 1.54) is 0 Å². The lowest BCUT2D eigenvalue weighted by atomic mass is 10.1. The number of aromatic nitrogens is 3. The third kappa shape index (κ3) is 5.82. The minimum absolute atomic E-state index is 0. The molecule has 1 fully saturated rings. The molecule has 1 aromatic heterocycles. The van der Waals surface area contributed by atoms with E-state index in [1.807, 2.05) is 36.0 Å². The zero-order chi connectivity index (χ0) is 17.8. The fourth-order valence-electron chi connectivity index (χ4n) is 2.93. The van der Waals surface area contributed by atoms with Crippen molar-refractivity contribution in [3.63, 3.8) is 0 Å². The summed E-state index contributed by atoms with van der Waals surface area (Å²) in [6.45, 7) is 6.21. The van der Waals surface area contributed by atoms with Crippen LogP contribution < -0.4 is 15.5 Å². The molecule has 150 valence electrons. The molecule has 27 heavy (non-hydrogen) atoms. The number of hydrogen-bond donors (Lipinski definition) is 2. The molecule has 7 nitrogen and oxygen atoms in total. The van der Waals surface area contributed by atoms with Crippen LogP contribution in [-0.2, 0) is 0 Å². The summed E-state index contributed by atoms with van der Waals surface area (Å²) in [4.78, 5) is 14.6. The van der Waals surface area contributed by atoms with Crippen molar-refractivity contribution in [3.05, 3.63) is 36.2 Å². The Morgan fingerprint density at radius 2 is 2.00 bits per heavy atom. The average molecular weight is 415 g/mol. The Kier molecular flexibility index (Phi) is 9.02. The van der Waals surface area contributed by atoms with E-state index in [0.29, 0.717) is 17.8 Å². The van der Waals surface area contributed by atoms with E-state index in [1.54, 1.807) is 6.20 Å². The lowest BCUT2D eigenvalue weighted by Crippen LogP contribution is -2.29. The molecule has 2 heterocycles. The number of nitrogens with one attached hydrogen (secondary N) is 2. The van der Waals surface area contributed by atoms with Crippen LogP contribution >= 0.6 is 24.8 Å². The molecule has 0 bridgehead atoms. The molecule has 1 amide bonds. The predicted octanol–water partition coefficient (Wildman–Crippen LogP) is 3.14. The van der Waals surface area contributed by atoms with Gasteiger partial charge in [-0.25, -0.2) is 4.68 Å². The normalized spacial score (nSPS) is 14.2. The number of rotatable bonds is 5. The zero-order valence-electron chi connectivity index (χ0n) is 15.9. The van der Waals surface area contributed by atoms with Gasteiger partial charge in [-0.1, -0.05) is 11.3 Å². The molecule has 0 aliphatic carbocycles. The fraction of sp³-hybridized carbons (Fsp3) is 0.500. The van der Waals surface area contributed by atoms with Gasteiger partial charge in [-0.3, -0.25) is 4.79 Å². The highest BCUT2D eigenvalue weighted by molar-refractivity contribution is 6.02. The molecule has 1 aliphatic heterocycles. The van der Waals surface area contributed by atoms with Crippen LogP contribution in [0, 0.1) is 0 Å². The molecule has 0 spiro atoms. The summed E-state index contributed by atoms with van der Waals surface area (Å²) in [7, 11) is 2.04. The maximum Gasteiger partial charge on any atom is 0.277 e. The van der Waals surface area contributed by atoms with Gasteiger partial charge in [0.05, 0.1) is 12.2 Å². The van der Waals surface area contributed by atoms with Crippen molar-refractivity contribution in [2.45, 2.75) is 38.8 Å². The van der Waals surface area contributed by atoms with Crippen LogP contribution in [0.25, 0.3) is 0 Å². The minimum atomic E-state index is -0.232. The zero-order valence-corrected chi connectivity index (χ0v) is 17.5.